The zero-order chi connectivity index (χ0) is 25.7. The zero-order valence-corrected chi connectivity index (χ0v) is 20.9. The molecule has 0 radical (unpaired) electrons. The van der Waals surface area contributed by atoms with E-state index in [1.165, 1.54) is 4.90 Å². The van der Waals surface area contributed by atoms with Crippen molar-refractivity contribution in [1.29, 1.82) is 0 Å². The van der Waals surface area contributed by atoms with Crippen molar-refractivity contribution in [2.45, 2.75) is 57.4 Å². The number of nitrogens with zero attached hydrogens (tertiary/aromatic N) is 1. The molecule has 0 saturated carbocycles. The third-order valence-corrected chi connectivity index (χ3v) is 8.19. The number of benzene rings is 2. The minimum Gasteiger partial charge on any atom is -0.395 e. The Morgan fingerprint density at radius 3 is 2.42 bits per heavy atom. The molecule has 3 aliphatic heterocycles. The van der Waals surface area contributed by atoms with Gasteiger partial charge in [-0.2, -0.15) is 0 Å². The summed E-state index contributed by atoms with van der Waals surface area (Å²) in [5.41, 5.74) is 1.53. The Labute approximate surface area is 211 Å². The molecule has 1 spiro atoms. The van der Waals surface area contributed by atoms with E-state index in [-0.39, 0.29) is 30.9 Å². The van der Waals surface area contributed by atoms with Crippen molar-refractivity contribution in [3.8, 4) is 0 Å². The molecule has 5 atom stereocenters. The van der Waals surface area contributed by atoms with E-state index in [9.17, 15) is 19.5 Å². The molecule has 190 valence electrons. The summed E-state index contributed by atoms with van der Waals surface area (Å²) in [5.74, 6) is -2.42. The first-order valence-corrected chi connectivity index (χ1v) is 12.5. The predicted octanol–water partition coefficient (Wildman–Crippen LogP) is 2.32. The number of β-amino-alcohol motifs (C(OH)–C–C–N with tert-alkyl or cyclic N) is 1. The van der Waals surface area contributed by atoms with Crippen LogP contribution in [-0.4, -0.2) is 58.1 Å². The van der Waals surface area contributed by atoms with Gasteiger partial charge in [0.15, 0.2) is 0 Å². The fraction of sp³-hybridized carbons (Fsp3) is 0.464. The van der Waals surface area contributed by atoms with Crippen LogP contribution >= 0.6 is 0 Å². The number of carbonyl (C=O) groups excluding carboxylic acids is 3. The Balaban J connectivity index is 1.46. The predicted molar refractivity (Wildman–Crippen MR) is 134 cm³/mol. The van der Waals surface area contributed by atoms with Gasteiger partial charge in [-0.05, 0) is 50.3 Å². The van der Waals surface area contributed by atoms with E-state index in [2.05, 4.69) is 10.6 Å². The number of nitrogens with one attached hydrogen (secondary N) is 2. The van der Waals surface area contributed by atoms with Gasteiger partial charge in [-0.25, -0.2) is 0 Å². The lowest BCUT2D eigenvalue weighted by molar-refractivity contribution is -0.145. The van der Waals surface area contributed by atoms with Gasteiger partial charge in [-0.3, -0.25) is 14.4 Å². The molecule has 3 aliphatic rings. The molecule has 3 fully saturated rings. The summed E-state index contributed by atoms with van der Waals surface area (Å²) in [6.07, 6.45) is 1.06. The molecule has 0 aromatic heterocycles. The van der Waals surface area contributed by atoms with E-state index in [4.69, 9.17) is 4.74 Å². The van der Waals surface area contributed by atoms with Crippen molar-refractivity contribution in [2.24, 2.45) is 11.8 Å². The molecule has 0 aliphatic carbocycles. The van der Waals surface area contributed by atoms with E-state index in [0.29, 0.717) is 25.1 Å². The van der Waals surface area contributed by atoms with Gasteiger partial charge in [0, 0.05) is 18.8 Å². The Kier molecular flexibility index (Phi) is 6.12. The summed E-state index contributed by atoms with van der Waals surface area (Å²) in [6.45, 7) is 5.76. The van der Waals surface area contributed by atoms with Crippen molar-refractivity contribution < 1.29 is 24.2 Å². The first-order chi connectivity index (χ1) is 17.2. The molecule has 3 amide bonds. The first-order valence-electron chi connectivity index (χ1n) is 12.5. The highest BCUT2D eigenvalue weighted by molar-refractivity contribution is 6.04. The van der Waals surface area contributed by atoms with E-state index >= 15 is 0 Å². The molecule has 2 unspecified atom stereocenters. The quantitative estimate of drug-likeness (QED) is 0.551. The maximum absolute atomic E-state index is 13.8. The molecule has 2 bridgehead atoms. The minimum absolute atomic E-state index is 0.000350. The molecule has 5 rings (SSSR count). The summed E-state index contributed by atoms with van der Waals surface area (Å²) in [5, 5.41) is 15.8. The van der Waals surface area contributed by atoms with Crippen LogP contribution in [0.5, 0.6) is 0 Å². The van der Waals surface area contributed by atoms with Crippen molar-refractivity contribution in [3.63, 3.8) is 0 Å². The van der Waals surface area contributed by atoms with Gasteiger partial charge >= 0.3 is 0 Å². The molecule has 2 aromatic carbocycles. The number of fused-ring (bicyclic) bond motifs is 1. The minimum atomic E-state index is -1.11. The summed E-state index contributed by atoms with van der Waals surface area (Å²) in [6, 6.07) is 14.4. The van der Waals surface area contributed by atoms with E-state index in [0.717, 1.165) is 16.7 Å². The van der Waals surface area contributed by atoms with Crippen molar-refractivity contribution in [1.82, 2.24) is 10.2 Å². The normalized spacial score (nSPS) is 30.4. The molecule has 2 aromatic rings. The number of aliphatic hydroxyl groups excluding tert-OH is 1. The van der Waals surface area contributed by atoms with E-state index in [1.54, 1.807) is 0 Å². The van der Waals surface area contributed by atoms with E-state index in [1.807, 2.05) is 69.3 Å². The average Bonchev–Trinajstić information content (AvgIpc) is 3.42. The van der Waals surface area contributed by atoms with E-state index < -0.39 is 29.1 Å². The molecule has 36 heavy (non-hydrogen) atoms. The van der Waals surface area contributed by atoms with Crippen LogP contribution in [-0.2, 0) is 25.7 Å². The van der Waals surface area contributed by atoms with Gasteiger partial charge < -0.3 is 25.4 Å². The maximum Gasteiger partial charge on any atom is 0.250 e. The Hall–Kier alpha value is -3.23. The fourth-order valence-electron chi connectivity index (χ4n) is 6.57. The second-order valence-corrected chi connectivity index (χ2v) is 10.4. The molecular weight excluding hydrogens is 458 g/mol. The zero-order valence-electron chi connectivity index (χ0n) is 20.9. The van der Waals surface area contributed by atoms with Crippen LogP contribution in [0.2, 0.25) is 0 Å². The highest BCUT2D eigenvalue weighted by Gasteiger charge is 2.77. The highest BCUT2D eigenvalue weighted by atomic mass is 16.5. The summed E-state index contributed by atoms with van der Waals surface area (Å²) < 4.78 is 6.57. The lowest BCUT2D eigenvalue weighted by atomic mass is 9.66. The number of aliphatic hydroxyl groups is 1. The van der Waals surface area contributed by atoms with Gasteiger partial charge in [0.25, 0.3) is 0 Å². The molecule has 3 N–H and O–H groups in total. The Morgan fingerprint density at radius 1 is 1.06 bits per heavy atom. The number of hydrogen-bond acceptors (Lipinski definition) is 5. The molecule has 3 saturated heterocycles. The Bertz CT molecular complexity index is 1180. The second-order valence-electron chi connectivity index (χ2n) is 10.4. The number of rotatable bonds is 7. The van der Waals surface area contributed by atoms with Gasteiger partial charge in [-0.1, -0.05) is 48.5 Å². The number of ether oxygens (including phenoxy) is 1. The number of hydrogen-bond donors (Lipinski definition) is 3. The standard InChI is InChI=1S/C28H33N3O5/c1-17-8-7-9-18(2)22(17)30-25(34)23-28-13-12-27(3,36-28)20(21(28)26(35)31(23)14-15-32)24(33)29-16-19-10-5-4-6-11-19/h4-11,20-21,23,32H,12-16H2,1-3H3,(H,29,33)(H,30,34)/t20-,21+,23?,27+,28?/m1/s1. The number of anilines is 1. The fourth-order valence-corrected chi connectivity index (χ4v) is 6.57. The molecule has 3 heterocycles. The highest BCUT2D eigenvalue weighted by Crippen LogP contribution is 2.63. The van der Waals surface area contributed by atoms with Crippen LogP contribution in [0.4, 0.5) is 5.69 Å². The van der Waals surface area contributed by atoms with Crippen molar-refractivity contribution >= 4 is 23.4 Å². The third-order valence-electron chi connectivity index (χ3n) is 8.19. The van der Waals surface area contributed by atoms with Crippen LogP contribution in [0.25, 0.3) is 0 Å². The third kappa shape index (κ3) is 3.71. The Morgan fingerprint density at radius 2 is 1.75 bits per heavy atom. The van der Waals surface area contributed by atoms with Gasteiger partial charge in [0.1, 0.15) is 11.6 Å². The van der Waals surface area contributed by atoms with Gasteiger partial charge in [-0.15, -0.1) is 0 Å². The largest absolute Gasteiger partial charge is 0.395 e. The lowest BCUT2D eigenvalue weighted by Crippen LogP contribution is -2.54. The number of para-hydroxylation sites is 1. The van der Waals surface area contributed by atoms with Crippen LogP contribution in [0, 0.1) is 25.7 Å². The molecule has 8 nitrogen and oxygen atoms in total. The topological polar surface area (TPSA) is 108 Å². The summed E-state index contributed by atoms with van der Waals surface area (Å²) >= 11 is 0. The van der Waals surface area contributed by atoms with Crippen LogP contribution in [0.15, 0.2) is 48.5 Å². The van der Waals surface area contributed by atoms with Crippen molar-refractivity contribution in [3.05, 3.63) is 65.2 Å². The first kappa shape index (κ1) is 24.5. The number of amides is 3. The molecular formula is C28H33N3O5. The summed E-state index contributed by atoms with van der Waals surface area (Å²) in [4.78, 5) is 42.5. The van der Waals surface area contributed by atoms with Gasteiger partial charge in [0.05, 0.1) is 24.0 Å². The average molecular weight is 492 g/mol. The number of aryl methyl sites for hydroxylation is 2. The number of likely N-dealkylation sites (tertiary alicyclic amines) is 1. The van der Waals surface area contributed by atoms with Crippen LogP contribution in [0.3, 0.4) is 0 Å². The SMILES string of the molecule is Cc1cccc(C)c1NC(=O)C1N(CCO)C(=O)[C@@H]2[C@H](C(=O)NCc3ccccc3)[C@]3(C)CCC12O3. The number of carbonyl (C=O) groups is 3. The maximum atomic E-state index is 13.8. The lowest BCUT2D eigenvalue weighted by Gasteiger charge is -2.33. The van der Waals surface area contributed by atoms with Crippen molar-refractivity contribution in [2.75, 3.05) is 18.5 Å². The van der Waals surface area contributed by atoms with Gasteiger partial charge in [0.2, 0.25) is 17.7 Å². The summed E-state index contributed by atoms with van der Waals surface area (Å²) in [7, 11) is 0. The molecule has 8 heteroatoms. The van der Waals surface area contributed by atoms with Crippen LogP contribution in [0.1, 0.15) is 36.5 Å². The smallest absolute Gasteiger partial charge is 0.250 e. The second kappa shape index (κ2) is 9.01. The van der Waals surface area contributed by atoms with Crippen LogP contribution < -0.4 is 10.6 Å². The monoisotopic (exact) mass is 491 g/mol.